The zero-order valence-electron chi connectivity index (χ0n) is 15.1. The van der Waals surface area contributed by atoms with Gasteiger partial charge in [-0.2, -0.15) is 0 Å². The van der Waals surface area contributed by atoms with Crippen LogP contribution in [-0.2, 0) is 9.59 Å². The Bertz CT molecular complexity index is 1140. The van der Waals surface area contributed by atoms with Crippen molar-refractivity contribution < 1.29 is 29.0 Å². The first-order chi connectivity index (χ1) is 14.0. The minimum atomic E-state index is -1.07. The largest absolute Gasteiger partial charge is 0.482 e. The van der Waals surface area contributed by atoms with Gasteiger partial charge in [-0.25, -0.2) is 4.79 Å². The molecule has 0 saturated heterocycles. The average Bonchev–Trinajstić information content (AvgIpc) is 2.72. The van der Waals surface area contributed by atoms with Crippen LogP contribution in [0.5, 0.6) is 11.5 Å². The highest BCUT2D eigenvalue weighted by Gasteiger charge is 2.18. The second-order valence-electron chi connectivity index (χ2n) is 6.34. The Kier molecular flexibility index (Phi) is 4.74. The van der Waals surface area contributed by atoms with Crippen molar-refractivity contribution in [3.63, 3.8) is 0 Å². The number of hydrogen-bond acceptors (Lipinski definition) is 5. The van der Waals surface area contributed by atoms with Crippen molar-refractivity contribution in [3.8, 4) is 11.5 Å². The van der Waals surface area contributed by atoms with Gasteiger partial charge in [0.05, 0.1) is 5.69 Å². The summed E-state index contributed by atoms with van der Waals surface area (Å²) in [6.07, 6.45) is 0. The molecule has 0 unspecified atom stereocenters. The third-order valence-corrected chi connectivity index (χ3v) is 4.36. The van der Waals surface area contributed by atoms with Gasteiger partial charge >= 0.3 is 5.97 Å². The fourth-order valence-corrected chi connectivity index (χ4v) is 3.06. The predicted molar refractivity (Wildman–Crippen MR) is 106 cm³/mol. The first-order valence-corrected chi connectivity index (χ1v) is 8.75. The third-order valence-electron chi connectivity index (χ3n) is 4.36. The Morgan fingerprint density at radius 3 is 2.69 bits per heavy atom. The molecule has 4 rings (SSSR count). The Morgan fingerprint density at radius 2 is 1.90 bits per heavy atom. The molecule has 146 valence electrons. The predicted octanol–water partition coefficient (Wildman–Crippen LogP) is 2.89. The fourth-order valence-electron chi connectivity index (χ4n) is 3.06. The van der Waals surface area contributed by atoms with Gasteiger partial charge in [-0.1, -0.05) is 24.3 Å². The lowest BCUT2D eigenvalue weighted by Gasteiger charge is -2.18. The molecule has 0 fully saturated rings. The van der Waals surface area contributed by atoms with E-state index in [0.717, 1.165) is 0 Å². The van der Waals surface area contributed by atoms with Crippen LogP contribution in [0.1, 0.15) is 10.4 Å². The molecule has 0 bridgehead atoms. The molecule has 0 radical (unpaired) electrons. The summed E-state index contributed by atoms with van der Waals surface area (Å²) in [7, 11) is 0. The Balaban J connectivity index is 1.62. The minimum absolute atomic E-state index is 0.0547. The summed E-state index contributed by atoms with van der Waals surface area (Å²) in [4.78, 5) is 35.0. The number of rotatable bonds is 5. The Hall–Kier alpha value is -4.07. The third kappa shape index (κ3) is 3.81. The van der Waals surface area contributed by atoms with E-state index in [0.29, 0.717) is 39.2 Å². The molecule has 0 aromatic heterocycles. The van der Waals surface area contributed by atoms with Gasteiger partial charge in [0.1, 0.15) is 11.5 Å². The van der Waals surface area contributed by atoms with Crippen LogP contribution >= 0.6 is 0 Å². The molecule has 3 N–H and O–H groups in total. The van der Waals surface area contributed by atoms with E-state index >= 15 is 0 Å². The van der Waals surface area contributed by atoms with E-state index in [-0.39, 0.29) is 18.4 Å². The van der Waals surface area contributed by atoms with Crippen molar-refractivity contribution in [3.05, 3.63) is 60.2 Å². The molecule has 0 spiro atoms. The summed E-state index contributed by atoms with van der Waals surface area (Å²) < 4.78 is 10.6. The molecule has 1 heterocycles. The number of carboxylic acid groups (broad SMARTS) is 1. The number of nitrogens with one attached hydrogen (secondary N) is 2. The van der Waals surface area contributed by atoms with Crippen LogP contribution in [0.3, 0.4) is 0 Å². The van der Waals surface area contributed by atoms with Gasteiger partial charge in [-0.3, -0.25) is 9.59 Å². The monoisotopic (exact) mass is 392 g/mol. The lowest BCUT2D eigenvalue weighted by atomic mass is 10.1. The molecule has 0 saturated carbocycles. The summed E-state index contributed by atoms with van der Waals surface area (Å²) in [5.41, 5.74) is 1.34. The molecule has 1 aliphatic rings. The maximum Gasteiger partial charge on any atom is 0.341 e. The Morgan fingerprint density at radius 1 is 1.10 bits per heavy atom. The van der Waals surface area contributed by atoms with Crippen LogP contribution < -0.4 is 20.1 Å². The number of fused-ring (bicyclic) bond motifs is 2. The van der Waals surface area contributed by atoms with E-state index < -0.39 is 12.6 Å². The molecule has 8 nitrogen and oxygen atoms in total. The zero-order valence-corrected chi connectivity index (χ0v) is 15.1. The van der Waals surface area contributed by atoms with Gasteiger partial charge in [-0.05, 0) is 30.3 Å². The van der Waals surface area contributed by atoms with Gasteiger partial charge in [0.15, 0.2) is 13.2 Å². The van der Waals surface area contributed by atoms with E-state index in [1.165, 1.54) is 0 Å². The minimum Gasteiger partial charge on any atom is -0.482 e. The average molecular weight is 392 g/mol. The molecule has 3 aromatic rings. The van der Waals surface area contributed by atoms with E-state index in [9.17, 15) is 14.4 Å². The summed E-state index contributed by atoms with van der Waals surface area (Å²) in [5.74, 6) is -0.800. The van der Waals surface area contributed by atoms with E-state index in [1.807, 2.05) is 6.07 Å². The van der Waals surface area contributed by atoms with Crippen LogP contribution in [0.4, 0.5) is 11.4 Å². The summed E-state index contributed by atoms with van der Waals surface area (Å²) in [5, 5.41) is 15.7. The summed E-state index contributed by atoms with van der Waals surface area (Å²) >= 11 is 0. The van der Waals surface area contributed by atoms with Crippen molar-refractivity contribution in [2.75, 3.05) is 23.8 Å². The quantitative estimate of drug-likeness (QED) is 0.615. The van der Waals surface area contributed by atoms with Gasteiger partial charge in [0, 0.05) is 22.0 Å². The van der Waals surface area contributed by atoms with Crippen molar-refractivity contribution >= 4 is 39.9 Å². The second kappa shape index (κ2) is 7.51. The first kappa shape index (κ1) is 18.3. The van der Waals surface area contributed by atoms with Gasteiger partial charge in [0.25, 0.3) is 11.8 Å². The Labute approximate surface area is 165 Å². The van der Waals surface area contributed by atoms with Gasteiger partial charge < -0.3 is 25.2 Å². The number of aliphatic carboxylic acids is 1. The number of ether oxygens (including phenoxy) is 2. The van der Waals surface area contributed by atoms with Gasteiger partial charge in [0.2, 0.25) is 0 Å². The molecule has 0 atom stereocenters. The molecule has 8 heteroatoms. The smallest absolute Gasteiger partial charge is 0.341 e. The lowest BCUT2D eigenvalue weighted by Crippen LogP contribution is -2.25. The van der Waals surface area contributed by atoms with E-state index in [4.69, 9.17) is 14.6 Å². The molecule has 1 aliphatic heterocycles. The van der Waals surface area contributed by atoms with Crippen molar-refractivity contribution in [1.82, 2.24) is 0 Å². The fraction of sp³-hybridized carbons (Fsp3) is 0.0952. The topological polar surface area (TPSA) is 114 Å². The van der Waals surface area contributed by atoms with Crippen molar-refractivity contribution in [2.24, 2.45) is 0 Å². The second-order valence-corrected chi connectivity index (χ2v) is 6.34. The highest BCUT2D eigenvalue weighted by Crippen LogP contribution is 2.33. The van der Waals surface area contributed by atoms with Crippen LogP contribution in [0.15, 0.2) is 54.6 Å². The zero-order chi connectivity index (χ0) is 20.4. The SMILES string of the molecule is O=C(O)COc1ccc(NC(=O)c2ccc3c(c2)NC(=O)CO3)c2ccccc12. The standard InChI is InChI=1S/C21H16N2O6/c24-19-10-28-18-7-5-12(9-16(18)22-19)21(27)23-15-6-8-17(29-11-20(25)26)14-4-2-1-3-13(14)15/h1-9H,10-11H2,(H,22,24)(H,23,27)(H,25,26). The molecular weight excluding hydrogens is 376 g/mol. The van der Waals surface area contributed by atoms with Gasteiger partial charge in [-0.15, -0.1) is 0 Å². The number of carbonyl (C=O) groups is 3. The molecular formula is C21H16N2O6. The summed E-state index contributed by atoms with van der Waals surface area (Å²) in [6, 6.07) is 15.3. The summed E-state index contributed by atoms with van der Waals surface area (Å²) in [6.45, 7) is -0.514. The maximum atomic E-state index is 12.8. The first-order valence-electron chi connectivity index (χ1n) is 8.75. The molecule has 0 aliphatic carbocycles. The molecule has 2 amide bonds. The lowest BCUT2D eigenvalue weighted by molar-refractivity contribution is -0.139. The highest BCUT2D eigenvalue weighted by molar-refractivity contribution is 6.11. The number of anilines is 2. The van der Waals surface area contributed by atoms with Crippen LogP contribution in [0.2, 0.25) is 0 Å². The highest BCUT2D eigenvalue weighted by atomic mass is 16.5. The molecule has 3 aromatic carbocycles. The number of amides is 2. The van der Waals surface area contributed by atoms with Crippen molar-refractivity contribution in [2.45, 2.75) is 0 Å². The molecule has 29 heavy (non-hydrogen) atoms. The number of carboxylic acids is 1. The maximum absolute atomic E-state index is 12.8. The normalized spacial score (nSPS) is 12.5. The van der Waals surface area contributed by atoms with Crippen LogP contribution in [0.25, 0.3) is 10.8 Å². The van der Waals surface area contributed by atoms with Crippen molar-refractivity contribution in [1.29, 1.82) is 0 Å². The van der Waals surface area contributed by atoms with Crippen LogP contribution in [0, 0.1) is 0 Å². The van der Waals surface area contributed by atoms with E-state index in [1.54, 1.807) is 48.5 Å². The number of benzene rings is 3. The number of hydrogen-bond donors (Lipinski definition) is 3. The van der Waals surface area contributed by atoms with Crippen LogP contribution in [-0.4, -0.2) is 36.1 Å². The van der Waals surface area contributed by atoms with E-state index in [2.05, 4.69) is 10.6 Å². The number of carbonyl (C=O) groups excluding carboxylic acids is 2.